The molecule has 0 amide bonds. The third kappa shape index (κ3) is 3.12. The van der Waals surface area contributed by atoms with Crippen LogP contribution in [0.25, 0.3) is 0 Å². The Labute approximate surface area is 116 Å². The molecule has 0 spiro atoms. The minimum absolute atomic E-state index is 0.0153. The second-order valence-electron chi connectivity index (χ2n) is 4.20. The average molecular weight is 275 g/mol. The minimum Gasteiger partial charge on any atom is -0.497 e. The summed E-state index contributed by atoms with van der Waals surface area (Å²) >= 11 is 0. The van der Waals surface area contributed by atoms with Crippen molar-refractivity contribution in [1.82, 2.24) is 4.98 Å². The predicted molar refractivity (Wildman–Crippen MR) is 71.6 cm³/mol. The van der Waals surface area contributed by atoms with E-state index < -0.39 is 5.82 Å². The summed E-state index contributed by atoms with van der Waals surface area (Å²) in [5, 5.41) is 0. The zero-order valence-corrected chi connectivity index (χ0v) is 11.2. The number of methoxy groups -OCH3 is 1. The Balaban J connectivity index is 2.14. The van der Waals surface area contributed by atoms with E-state index in [0.29, 0.717) is 23.3 Å². The predicted octanol–water partition coefficient (Wildman–Crippen LogP) is 2.93. The molecule has 0 fully saturated rings. The van der Waals surface area contributed by atoms with E-state index in [0.717, 1.165) is 5.69 Å². The Morgan fingerprint density at radius 3 is 2.75 bits per heavy atom. The lowest BCUT2D eigenvalue weighted by atomic mass is 10.2. The van der Waals surface area contributed by atoms with Crippen molar-refractivity contribution in [2.75, 3.05) is 7.11 Å². The second kappa shape index (κ2) is 6.14. The molecule has 2 aromatic rings. The fourth-order valence-corrected chi connectivity index (χ4v) is 1.70. The molecule has 0 radical (unpaired) electrons. The molecule has 5 heteroatoms. The molecule has 20 heavy (non-hydrogen) atoms. The number of carbonyl (C=O) groups excluding carboxylic acids is 1. The summed E-state index contributed by atoms with van der Waals surface area (Å²) in [6, 6.07) is 7.89. The number of halogens is 1. The van der Waals surface area contributed by atoms with Crippen molar-refractivity contribution < 1.29 is 18.7 Å². The number of nitrogens with zero attached hydrogens (tertiary/aromatic N) is 1. The Morgan fingerprint density at radius 1 is 1.30 bits per heavy atom. The number of pyridine rings is 1. The zero-order chi connectivity index (χ0) is 14.5. The van der Waals surface area contributed by atoms with Crippen LogP contribution in [0.3, 0.4) is 0 Å². The van der Waals surface area contributed by atoms with Crippen LogP contribution in [0.2, 0.25) is 0 Å². The first-order valence-electron chi connectivity index (χ1n) is 6.02. The van der Waals surface area contributed by atoms with E-state index in [1.165, 1.54) is 13.2 Å². The van der Waals surface area contributed by atoms with Crippen molar-refractivity contribution in [3.63, 3.8) is 0 Å². The Bertz CT molecular complexity index is 629. The molecule has 0 N–H and O–H groups in total. The topological polar surface area (TPSA) is 48.4 Å². The maximum atomic E-state index is 13.7. The molecule has 1 heterocycles. The average Bonchev–Trinajstić information content (AvgIpc) is 2.46. The van der Waals surface area contributed by atoms with Crippen LogP contribution >= 0.6 is 0 Å². The van der Waals surface area contributed by atoms with Gasteiger partial charge < -0.3 is 9.47 Å². The van der Waals surface area contributed by atoms with Crippen LogP contribution in [0.1, 0.15) is 21.7 Å². The Morgan fingerprint density at radius 2 is 2.10 bits per heavy atom. The maximum Gasteiger partial charge on any atom is 0.172 e. The summed E-state index contributed by atoms with van der Waals surface area (Å²) < 4.78 is 24.1. The van der Waals surface area contributed by atoms with Crippen LogP contribution in [-0.2, 0) is 6.61 Å². The molecule has 2 rings (SSSR count). The van der Waals surface area contributed by atoms with Crippen molar-refractivity contribution >= 4 is 6.29 Å². The molecule has 104 valence electrons. The van der Waals surface area contributed by atoms with E-state index in [4.69, 9.17) is 9.47 Å². The van der Waals surface area contributed by atoms with Gasteiger partial charge in [-0.25, -0.2) is 9.37 Å². The van der Waals surface area contributed by atoms with Crippen LogP contribution in [0.4, 0.5) is 4.39 Å². The lowest BCUT2D eigenvalue weighted by Crippen LogP contribution is -2.02. The molecule has 0 atom stereocenters. The van der Waals surface area contributed by atoms with Gasteiger partial charge in [-0.1, -0.05) is 0 Å². The number of benzene rings is 1. The first-order valence-corrected chi connectivity index (χ1v) is 6.02. The van der Waals surface area contributed by atoms with Crippen LogP contribution < -0.4 is 9.47 Å². The van der Waals surface area contributed by atoms with Crippen LogP contribution in [0.15, 0.2) is 30.3 Å². The Kier molecular flexibility index (Phi) is 4.30. The van der Waals surface area contributed by atoms with E-state index in [-0.39, 0.29) is 12.3 Å². The first-order chi connectivity index (χ1) is 9.63. The van der Waals surface area contributed by atoms with Crippen LogP contribution in [0.5, 0.6) is 11.5 Å². The maximum absolute atomic E-state index is 13.7. The lowest BCUT2D eigenvalue weighted by molar-refractivity contribution is 0.111. The van der Waals surface area contributed by atoms with Gasteiger partial charge in [-0.3, -0.25) is 4.79 Å². The molecule has 1 aromatic carbocycles. The lowest BCUT2D eigenvalue weighted by Gasteiger charge is -2.10. The third-order valence-electron chi connectivity index (χ3n) is 2.78. The van der Waals surface area contributed by atoms with E-state index in [9.17, 15) is 9.18 Å². The number of hydrogen-bond donors (Lipinski definition) is 0. The van der Waals surface area contributed by atoms with Gasteiger partial charge in [0.05, 0.1) is 7.11 Å². The smallest absolute Gasteiger partial charge is 0.172 e. The highest BCUT2D eigenvalue weighted by Gasteiger charge is 2.08. The molecule has 0 aliphatic heterocycles. The van der Waals surface area contributed by atoms with E-state index in [1.54, 1.807) is 31.2 Å². The van der Waals surface area contributed by atoms with Crippen LogP contribution in [0, 0.1) is 12.7 Å². The number of ether oxygens (including phenoxy) is 2. The largest absolute Gasteiger partial charge is 0.497 e. The van der Waals surface area contributed by atoms with Gasteiger partial charge in [-0.15, -0.1) is 0 Å². The van der Waals surface area contributed by atoms with E-state index >= 15 is 0 Å². The van der Waals surface area contributed by atoms with Crippen molar-refractivity contribution in [2.24, 2.45) is 0 Å². The molecule has 0 aliphatic rings. The summed E-state index contributed by atoms with van der Waals surface area (Å²) in [6.07, 6.45) is 0.618. The van der Waals surface area contributed by atoms with Crippen molar-refractivity contribution in [1.29, 1.82) is 0 Å². The van der Waals surface area contributed by atoms with Crippen molar-refractivity contribution in [3.05, 3.63) is 53.1 Å². The number of hydrogen-bond acceptors (Lipinski definition) is 4. The number of rotatable bonds is 5. The first kappa shape index (κ1) is 14.0. The molecule has 1 aromatic heterocycles. The number of aldehydes is 1. The second-order valence-corrected chi connectivity index (χ2v) is 4.20. The van der Waals surface area contributed by atoms with Gasteiger partial charge in [0.2, 0.25) is 0 Å². The van der Waals surface area contributed by atoms with Gasteiger partial charge in [0, 0.05) is 17.3 Å². The summed E-state index contributed by atoms with van der Waals surface area (Å²) in [5.74, 6) is 0.356. The monoisotopic (exact) mass is 275 g/mol. The molecule has 0 bridgehead atoms. The highest BCUT2D eigenvalue weighted by Crippen LogP contribution is 2.20. The molecular formula is C15H14FNO3. The highest BCUT2D eigenvalue weighted by molar-refractivity contribution is 5.76. The summed E-state index contributed by atoms with van der Waals surface area (Å²) in [4.78, 5) is 15.0. The molecule has 4 nitrogen and oxygen atoms in total. The Hall–Kier alpha value is -2.43. The van der Waals surface area contributed by atoms with Crippen molar-refractivity contribution in [3.8, 4) is 11.5 Å². The summed E-state index contributed by atoms with van der Waals surface area (Å²) in [7, 11) is 1.47. The van der Waals surface area contributed by atoms with Gasteiger partial charge in [0.1, 0.15) is 29.6 Å². The van der Waals surface area contributed by atoms with E-state index in [1.807, 2.05) is 0 Å². The van der Waals surface area contributed by atoms with Gasteiger partial charge >= 0.3 is 0 Å². The standard InChI is InChI=1S/C15H14FNO3/c1-10-3-6-15(14(8-18)17-10)20-9-11-4-5-12(19-2)7-13(11)16/h3-8H,9H2,1-2H3. The van der Waals surface area contributed by atoms with Gasteiger partial charge in [0.15, 0.2) is 6.29 Å². The zero-order valence-electron chi connectivity index (χ0n) is 11.2. The van der Waals surface area contributed by atoms with Crippen LogP contribution in [-0.4, -0.2) is 18.4 Å². The number of aromatic nitrogens is 1. The summed E-state index contributed by atoms with van der Waals surface area (Å²) in [6.45, 7) is 1.79. The minimum atomic E-state index is -0.419. The summed E-state index contributed by atoms with van der Waals surface area (Å²) in [5.41, 5.74) is 1.30. The molecule has 0 aliphatic carbocycles. The normalized spacial score (nSPS) is 10.2. The number of carbonyl (C=O) groups is 1. The fourth-order valence-electron chi connectivity index (χ4n) is 1.70. The van der Waals surface area contributed by atoms with E-state index in [2.05, 4.69) is 4.98 Å². The highest BCUT2D eigenvalue weighted by atomic mass is 19.1. The van der Waals surface area contributed by atoms with Gasteiger partial charge in [0.25, 0.3) is 0 Å². The van der Waals surface area contributed by atoms with Gasteiger partial charge in [-0.05, 0) is 31.2 Å². The number of aryl methyl sites for hydroxylation is 1. The SMILES string of the molecule is COc1ccc(COc2ccc(C)nc2C=O)c(F)c1. The fraction of sp³-hybridized carbons (Fsp3) is 0.200. The molecule has 0 saturated heterocycles. The van der Waals surface area contributed by atoms with Gasteiger partial charge in [-0.2, -0.15) is 0 Å². The molecule has 0 unspecified atom stereocenters. The molecule has 0 saturated carbocycles. The van der Waals surface area contributed by atoms with Crippen molar-refractivity contribution in [2.45, 2.75) is 13.5 Å². The molecular weight excluding hydrogens is 261 g/mol. The quantitative estimate of drug-likeness (QED) is 0.787. The third-order valence-corrected chi connectivity index (χ3v) is 2.78.